The number of imidazole rings is 1. The molecular weight excluding hydrogens is 649 g/mol. The van der Waals surface area contributed by atoms with Gasteiger partial charge in [0.15, 0.2) is 19.1 Å². The fourth-order valence-corrected chi connectivity index (χ4v) is 13.0. The van der Waals surface area contributed by atoms with Crippen LogP contribution in [0.4, 0.5) is 0 Å². The van der Waals surface area contributed by atoms with Crippen molar-refractivity contribution in [1.82, 2.24) is 14.1 Å². The van der Waals surface area contributed by atoms with Gasteiger partial charge in [-0.3, -0.25) is 4.57 Å². The van der Waals surface area contributed by atoms with Crippen molar-refractivity contribution in [2.75, 3.05) is 0 Å². The first-order valence-electron chi connectivity index (χ1n) is 18.0. The number of para-hydroxylation sites is 3. The molecule has 0 aliphatic heterocycles. The van der Waals surface area contributed by atoms with E-state index >= 15 is 0 Å². The predicted molar refractivity (Wildman–Crippen MR) is 219 cm³/mol. The van der Waals surface area contributed by atoms with E-state index in [0.717, 1.165) is 17.0 Å². The highest BCUT2D eigenvalue weighted by Crippen LogP contribution is 2.33. The van der Waals surface area contributed by atoms with Crippen LogP contribution in [0.1, 0.15) is 26.3 Å². The molecule has 0 spiro atoms. The van der Waals surface area contributed by atoms with Gasteiger partial charge in [-0.2, -0.15) is 4.57 Å². The smallest absolute Gasteiger partial charge is 0.249 e. The summed E-state index contributed by atoms with van der Waals surface area (Å²) in [7, 11) is -0.789. The van der Waals surface area contributed by atoms with Crippen LogP contribution in [0.3, 0.4) is 0 Å². The van der Waals surface area contributed by atoms with Gasteiger partial charge in [0.1, 0.15) is 11.5 Å². The van der Waals surface area contributed by atoms with Crippen molar-refractivity contribution in [1.29, 1.82) is 0 Å². The van der Waals surface area contributed by atoms with Gasteiger partial charge in [0, 0.05) is 17.0 Å². The van der Waals surface area contributed by atoms with Gasteiger partial charge in [0.2, 0.25) is 6.33 Å². The molecule has 0 aliphatic carbocycles. The first kappa shape index (κ1) is 31.9. The lowest BCUT2D eigenvalue weighted by Gasteiger charge is -2.34. The van der Waals surface area contributed by atoms with Crippen LogP contribution >= 0.6 is 0 Å². The molecule has 0 fully saturated rings. The molecule has 0 unspecified atom stereocenters. The lowest BCUT2D eigenvalue weighted by atomic mass is 9.88. The Morgan fingerprint density at radius 1 is 0.538 bits per heavy atom. The topological polar surface area (TPSA) is 26.6 Å². The average molecular weight is 690 g/mol. The lowest BCUT2D eigenvalue weighted by molar-refractivity contribution is -0.645. The van der Waals surface area contributed by atoms with Crippen molar-refractivity contribution in [3.8, 4) is 11.5 Å². The molecule has 3 aromatic heterocycles. The molecule has 9 aromatic rings. The number of hydrogen-bond donors (Lipinski definition) is 0. The summed E-state index contributed by atoms with van der Waals surface area (Å²) in [6, 6.07) is 60.7. The third-order valence-electron chi connectivity index (χ3n) is 10.7. The van der Waals surface area contributed by atoms with Gasteiger partial charge in [0.25, 0.3) is 0 Å². The summed E-state index contributed by atoms with van der Waals surface area (Å²) >= 11 is 0. The van der Waals surface area contributed by atoms with E-state index in [1.807, 2.05) is 6.20 Å². The minimum absolute atomic E-state index is 0.00258. The van der Waals surface area contributed by atoms with Gasteiger partial charge >= 0.3 is 0 Å². The molecule has 52 heavy (non-hydrogen) atoms. The van der Waals surface area contributed by atoms with E-state index in [9.17, 15) is 0 Å². The predicted octanol–water partition coefficient (Wildman–Crippen LogP) is 7.62. The summed E-state index contributed by atoms with van der Waals surface area (Å²) in [5.41, 5.74) is 7.12. The molecule has 0 N–H and O–H groups in total. The van der Waals surface area contributed by atoms with Gasteiger partial charge in [0.05, 0.1) is 18.1 Å². The van der Waals surface area contributed by atoms with Crippen LogP contribution in [0, 0.1) is 0 Å². The van der Waals surface area contributed by atoms with Crippen LogP contribution in [0.5, 0.6) is 0 Å². The Morgan fingerprint density at radius 3 is 1.88 bits per heavy atom. The fraction of sp³-hybridized carbons (Fsp3) is 0.106. The van der Waals surface area contributed by atoms with E-state index < -0.39 is 8.07 Å². The Bertz CT molecular complexity index is 2700. The van der Waals surface area contributed by atoms with Crippen molar-refractivity contribution < 1.29 is 4.57 Å². The number of aromatic nitrogens is 4. The van der Waals surface area contributed by atoms with Gasteiger partial charge in [-0.25, -0.2) is 9.55 Å². The highest BCUT2D eigenvalue weighted by Gasteiger charge is 2.42. The van der Waals surface area contributed by atoms with E-state index in [1.165, 1.54) is 53.6 Å². The molecule has 5 heteroatoms. The van der Waals surface area contributed by atoms with E-state index in [-0.39, 0.29) is 5.41 Å². The molecule has 0 saturated heterocycles. The van der Waals surface area contributed by atoms with Gasteiger partial charge < -0.3 is 0 Å². The molecule has 6 aromatic carbocycles. The molecule has 0 radical (unpaired) electrons. The summed E-state index contributed by atoms with van der Waals surface area (Å²) in [4.78, 5) is 5.00. The average Bonchev–Trinajstić information content (AvgIpc) is 3.70. The minimum Gasteiger partial charge on any atom is -0.294 e. The number of aryl methyl sites for hydroxylation is 1. The second kappa shape index (κ2) is 12.3. The van der Waals surface area contributed by atoms with Crippen LogP contribution in [-0.4, -0.2) is 22.2 Å². The number of hydrogen-bond acceptors (Lipinski definition) is 1. The standard InChI is InChI=1S/C47H41N4Si/c1-47(2,3)34-28-29-48-46(30-34)51-42-23-12-11-22-40(42)41-27-26-39(32-45(41)51)52(36-17-7-5-8-18-36,37-19-9-6-10-20-37)38-21-15-16-35(31-38)50-33-49(4)43-24-13-14-25-44(43)50/h5-33H,1-4H3/q+1. The Hall–Kier alpha value is -6.04. The van der Waals surface area contributed by atoms with Crippen LogP contribution < -0.4 is 25.3 Å². The second-order valence-electron chi connectivity index (χ2n) is 14.9. The number of nitrogens with zero attached hydrogens (tertiary/aromatic N) is 4. The molecule has 4 nitrogen and oxygen atoms in total. The summed E-state index contributed by atoms with van der Waals surface area (Å²) in [5, 5.41) is 7.80. The SMILES string of the molecule is C[n+]1cn(-c2cccc([Si](c3ccccc3)(c3ccccc3)c3ccc4c5ccccc5n(-c5cc(C(C)(C)C)ccn5)c4c3)c2)c2ccccc21. The van der Waals surface area contributed by atoms with Gasteiger partial charge in [-0.05, 0) is 80.3 Å². The lowest BCUT2D eigenvalue weighted by Crippen LogP contribution is -2.74. The highest BCUT2D eigenvalue weighted by molar-refractivity contribution is 7.20. The Labute approximate surface area is 305 Å². The van der Waals surface area contributed by atoms with Crippen LogP contribution in [-0.2, 0) is 12.5 Å². The Balaban J connectivity index is 1.38. The summed E-state index contributed by atoms with van der Waals surface area (Å²) in [6.07, 6.45) is 4.16. The molecular formula is C47H41N4Si+. The van der Waals surface area contributed by atoms with E-state index in [1.54, 1.807) is 0 Å². The highest BCUT2D eigenvalue weighted by atomic mass is 28.3. The van der Waals surface area contributed by atoms with E-state index in [2.05, 4.69) is 212 Å². The van der Waals surface area contributed by atoms with Crippen LogP contribution in [0.2, 0.25) is 0 Å². The Morgan fingerprint density at radius 2 is 1.15 bits per heavy atom. The molecule has 0 bridgehead atoms. The molecule has 0 amide bonds. The maximum Gasteiger partial charge on any atom is 0.249 e. The zero-order valence-corrected chi connectivity index (χ0v) is 31.0. The quantitative estimate of drug-likeness (QED) is 0.100. The van der Waals surface area contributed by atoms with E-state index in [4.69, 9.17) is 4.98 Å². The molecule has 0 saturated carbocycles. The third kappa shape index (κ3) is 5.03. The number of benzene rings is 6. The maximum absolute atomic E-state index is 5.00. The summed E-state index contributed by atoms with van der Waals surface area (Å²) in [5.74, 6) is 0.941. The van der Waals surface area contributed by atoms with Crippen molar-refractivity contribution in [2.45, 2.75) is 26.2 Å². The van der Waals surface area contributed by atoms with Gasteiger partial charge in [-0.1, -0.05) is 136 Å². The zero-order chi connectivity index (χ0) is 35.5. The van der Waals surface area contributed by atoms with Gasteiger partial charge in [-0.15, -0.1) is 0 Å². The molecule has 0 aliphatic rings. The number of rotatable bonds is 6. The number of fused-ring (bicyclic) bond motifs is 4. The van der Waals surface area contributed by atoms with Crippen molar-refractivity contribution in [3.63, 3.8) is 0 Å². The van der Waals surface area contributed by atoms with Crippen LogP contribution in [0.15, 0.2) is 176 Å². The number of pyridine rings is 1. The molecule has 252 valence electrons. The molecule has 0 atom stereocenters. The maximum atomic E-state index is 5.00. The van der Waals surface area contributed by atoms with Crippen molar-refractivity contribution in [3.05, 3.63) is 182 Å². The minimum atomic E-state index is -2.91. The Kier molecular flexibility index (Phi) is 7.56. The summed E-state index contributed by atoms with van der Waals surface area (Å²) < 4.78 is 6.90. The van der Waals surface area contributed by atoms with Crippen molar-refractivity contribution in [2.24, 2.45) is 7.05 Å². The fourth-order valence-electron chi connectivity index (χ4n) is 8.19. The zero-order valence-electron chi connectivity index (χ0n) is 30.0. The summed E-state index contributed by atoms with van der Waals surface area (Å²) in [6.45, 7) is 6.79. The normalized spacial score (nSPS) is 12.2. The largest absolute Gasteiger partial charge is 0.294 e. The first-order chi connectivity index (χ1) is 25.3. The molecule has 3 heterocycles. The van der Waals surface area contributed by atoms with E-state index in [0.29, 0.717) is 0 Å². The third-order valence-corrected chi connectivity index (χ3v) is 15.5. The first-order valence-corrected chi connectivity index (χ1v) is 20.0. The monoisotopic (exact) mass is 689 g/mol. The van der Waals surface area contributed by atoms with Crippen LogP contribution in [0.25, 0.3) is 44.3 Å². The second-order valence-corrected chi connectivity index (χ2v) is 18.7. The van der Waals surface area contributed by atoms with Crippen molar-refractivity contribution >= 4 is 61.7 Å². The molecule has 9 rings (SSSR count).